The number of halogens is 1. The maximum atomic E-state index is 13.0. The first-order valence-electron chi connectivity index (χ1n) is 10.5. The van der Waals surface area contributed by atoms with Gasteiger partial charge in [-0.3, -0.25) is 9.69 Å². The largest absolute Gasteiger partial charge is 0.379 e. The monoisotopic (exact) mass is 427 g/mol. The molecule has 3 heterocycles. The number of carbonyl (C=O) groups is 1. The molecule has 164 valence electrons. The Hall–Kier alpha value is -3.11. The molecule has 0 unspecified atom stereocenters. The number of morpholine rings is 1. The highest BCUT2D eigenvalue weighted by Crippen LogP contribution is 2.08. The molecule has 9 nitrogen and oxygen atoms in total. The van der Waals surface area contributed by atoms with Gasteiger partial charge in [0.15, 0.2) is 11.5 Å². The summed E-state index contributed by atoms with van der Waals surface area (Å²) in [6.07, 6.45) is 1.49. The zero-order valence-corrected chi connectivity index (χ0v) is 17.3. The van der Waals surface area contributed by atoms with Gasteiger partial charge >= 0.3 is 0 Å². The number of fused-ring (bicyclic) bond motifs is 1. The molecule has 0 saturated carbocycles. The van der Waals surface area contributed by atoms with Crippen molar-refractivity contribution in [2.24, 2.45) is 0 Å². The van der Waals surface area contributed by atoms with Crippen LogP contribution in [0.25, 0.3) is 5.65 Å². The van der Waals surface area contributed by atoms with Crippen molar-refractivity contribution in [3.63, 3.8) is 0 Å². The van der Waals surface area contributed by atoms with Gasteiger partial charge in [0, 0.05) is 38.2 Å². The second-order valence-corrected chi connectivity index (χ2v) is 7.35. The number of nitrogens with zero attached hydrogens (tertiary/aromatic N) is 5. The molecule has 3 aromatic rings. The lowest BCUT2D eigenvalue weighted by atomic mass is 10.2. The summed E-state index contributed by atoms with van der Waals surface area (Å²) in [6.45, 7) is 5.83. The summed E-state index contributed by atoms with van der Waals surface area (Å²) in [5.74, 6) is 0.782. The summed E-state index contributed by atoms with van der Waals surface area (Å²) in [6, 6.07) is 9.19. The molecule has 0 bridgehead atoms. The molecular formula is C21H26FN7O2. The average Bonchev–Trinajstić information content (AvgIpc) is 3.20. The Bertz CT molecular complexity index is 1000. The van der Waals surface area contributed by atoms with E-state index in [1.54, 1.807) is 4.52 Å². The number of ether oxygens (including phenoxy) is 1. The third-order valence-corrected chi connectivity index (χ3v) is 5.13. The number of hydrogen-bond donors (Lipinski definition) is 2. The van der Waals surface area contributed by atoms with E-state index in [9.17, 15) is 9.18 Å². The lowest BCUT2D eigenvalue weighted by Gasteiger charge is -2.26. The number of carbonyl (C=O) groups excluding carboxylic acids is 1. The van der Waals surface area contributed by atoms with Crippen LogP contribution in [-0.2, 0) is 11.2 Å². The molecule has 0 spiro atoms. The number of benzene rings is 1. The number of amides is 1. The van der Waals surface area contributed by atoms with Gasteiger partial charge in [-0.25, -0.2) is 4.39 Å². The van der Waals surface area contributed by atoms with E-state index in [1.807, 2.05) is 12.1 Å². The average molecular weight is 427 g/mol. The first-order chi connectivity index (χ1) is 15.2. The van der Waals surface area contributed by atoms with Crippen molar-refractivity contribution < 1.29 is 13.9 Å². The van der Waals surface area contributed by atoms with Crippen molar-refractivity contribution >= 4 is 17.4 Å². The minimum absolute atomic E-state index is 0.260. The van der Waals surface area contributed by atoms with Crippen LogP contribution in [0.3, 0.4) is 0 Å². The van der Waals surface area contributed by atoms with Crippen LogP contribution in [0.4, 0.5) is 10.2 Å². The van der Waals surface area contributed by atoms with Gasteiger partial charge in [-0.15, -0.1) is 15.3 Å². The fourth-order valence-electron chi connectivity index (χ4n) is 3.42. The van der Waals surface area contributed by atoms with Crippen molar-refractivity contribution in [2.45, 2.75) is 12.8 Å². The fourth-order valence-corrected chi connectivity index (χ4v) is 3.42. The number of rotatable bonds is 9. The van der Waals surface area contributed by atoms with Gasteiger partial charge in [-0.2, -0.15) is 4.52 Å². The van der Waals surface area contributed by atoms with E-state index in [0.29, 0.717) is 30.0 Å². The molecule has 1 aromatic carbocycles. The van der Waals surface area contributed by atoms with E-state index in [2.05, 4.69) is 30.8 Å². The molecule has 2 N–H and O–H groups in total. The Morgan fingerprint density at radius 2 is 1.87 bits per heavy atom. The van der Waals surface area contributed by atoms with Crippen molar-refractivity contribution in [3.05, 3.63) is 53.6 Å². The first-order valence-corrected chi connectivity index (χ1v) is 10.5. The van der Waals surface area contributed by atoms with Gasteiger partial charge in [-0.1, -0.05) is 0 Å². The maximum Gasteiger partial charge on any atom is 0.251 e. The minimum Gasteiger partial charge on any atom is -0.379 e. The smallest absolute Gasteiger partial charge is 0.251 e. The molecule has 1 aliphatic heterocycles. The summed E-state index contributed by atoms with van der Waals surface area (Å²) in [4.78, 5) is 14.6. The molecule has 10 heteroatoms. The van der Waals surface area contributed by atoms with E-state index in [0.717, 1.165) is 51.6 Å². The van der Waals surface area contributed by atoms with E-state index >= 15 is 0 Å². The molecule has 0 atom stereocenters. The van der Waals surface area contributed by atoms with Crippen LogP contribution >= 0.6 is 0 Å². The molecule has 1 aliphatic rings. The molecular weight excluding hydrogens is 401 g/mol. The van der Waals surface area contributed by atoms with Crippen molar-refractivity contribution in [2.75, 3.05) is 51.3 Å². The van der Waals surface area contributed by atoms with Gasteiger partial charge in [0.25, 0.3) is 5.91 Å². The summed E-state index contributed by atoms with van der Waals surface area (Å²) >= 11 is 0. The van der Waals surface area contributed by atoms with Gasteiger partial charge < -0.3 is 15.4 Å². The number of hydrogen-bond acceptors (Lipinski definition) is 7. The maximum absolute atomic E-state index is 13.0. The van der Waals surface area contributed by atoms with E-state index < -0.39 is 0 Å². The van der Waals surface area contributed by atoms with Gasteiger partial charge in [0.1, 0.15) is 11.6 Å². The Balaban J connectivity index is 1.27. The Morgan fingerprint density at radius 3 is 2.68 bits per heavy atom. The SMILES string of the molecule is O=C(NCCc1nnc2ccc(NCCCN3CCOCC3)nn12)c1ccc(F)cc1. The van der Waals surface area contributed by atoms with Gasteiger partial charge in [-0.05, 0) is 49.4 Å². The summed E-state index contributed by atoms with van der Waals surface area (Å²) < 4.78 is 20.0. The predicted molar refractivity (Wildman–Crippen MR) is 114 cm³/mol. The normalized spacial score (nSPS) is 14.6. The van der Waals surface area contributed by atoms with Crippen LogP contribution in [0.1, 0.15) is 22.6 Å². The highest BCUT2D eigenvalue weighted by atomic mass is 19.1. The molecule has 1 saturated heterocycles. The van der Waals surface area contributed by atoms with Crippen LogP contribution in [0, 0.1) is 5.82 Å². The lowest BCUT2D eigenvalue weighted by molar-refractivity contribution is 0.0378. The van der Waals surface area contributed by atoms with Gasteiger partial charge in [0.05, 0.1) is 13.2 Å². The van der Waals surface area contributed by atoms with Crippen molar-refractivity contribution in [3.8, 4) is 0 Å². The standard InChI is InChI=1S/C21H26FN7O2/c22-17-4-2-16(3-5-17)21(30)24-10-8-20-26-25-19-7-6-18(27-29(19)20)23-9-1-11-28-12-14-31-15-13-28/h2-7H,1,8-15H2,(H,23,27)(H,24,30). The third kappa shape index (κ3) is 5.74. The van der Waals surface area contributed by atoms with Gasteiger partial charge in [0.2, 0.25) is 0 Å². The zero-order valence-electron chi connectivity index (χ0n) is 17.3. The van der Waals surface area contributed by atoms with E-state index in [1.165, 1.54) is 24.3 Å². The predicted octanol–water partition coefficient (Wildman–Crippen LogP) is 1.37. The summed E-state index contributed by atoms with van der Waals surface area (Å²) in [5, 5.41) is 19.0. The van der Waals surface area contributed by atoms with E-state index in [-0.39, 0.29) is 11.7 Å². The lowest BCUT2D eigenvalue weighted by Crippen LogP contribution is -2.37. The number of anilines is 1. The Labute approximate surface area is 179 Å². The molecule has 31 heavy (non-hydrogen) atoms. The number of nitrogens with one attached hydrogen (secondary N) is 2. The second-order valence-electron chi connectivity index (χ2n) is 7.35. The molecule has 0 aliphatic carbocycles. The topological polar surface area (TPSA) is 96.7 Å². The molecule has 4 rings (SSSR count). The summed E-state index contributed by atoms with van der Waals surface area (Å²) in [7, 11) is 0. The third-order valence-electron chi connectivity index (χ3n) is 5.13. The van der Waals surface area contributed by atoms with Crippen LogP contribution < -0.4 is 10.6 Å². The minimum atomic E-state index is -0.372. The van der Waals surface area contributed by atoms with Crippen LogP contribution in [-0.4, -0.2) is 76.6 Å². The molecule has 1 fully saturated rings. The van der Waals surface area contributed by atoms with Crippen LogP contribution in [0.5, 0.6) is 0 Å². The first kappa shape index (κ1) is 21.1. The van der Waals surface area contributed by atoms with Crippen LogP contribution in [0.2, 0.25) is 0 Å². The number of aromatic nitrogens is 4. The Morgan fingerprint density at radius 1 is 1.06 bits per heavy atom. The molecule has 0 radical (unpaired) electrons. The second kappa shape index (κ2) is 10.3. The van der Waals surface area contributed by atoms with Crippen molar-refractivity contribution in [1.82, 2.24) is 30.0 Å². The highest BCUT2D eigenvalue weighted by Gasteiger charge is 2.11. The van der Waals surface area contributed by atoms with E-state index in [4.69, 9.17) is 4.74 Å². The van der Waals surface area contributed by atoms with Crippen molar-refractivity contribution in [1.29, 1.82) is 0 Å². The fraction of sp³-hybridized carbons (Fsp3) is 0.429. The highest BCUT2D eigenvalue weighted by molar-refractivity contribution is 5.94. The molecule has 2 aromatic heterocycles. The quantitative estimate of drug-likeness (QED) is 0.498. The Kier molecular flexibility index (Phi) is 7.00. The summed E-state index contributed by atoms with van der Waals surface area (Å²) in [5.41, 5.74) is 1.06. The van der Waals surface area contributed by atoms with Crippen LogP contribution in [0.15, 0.2) is 36.4 Å². The zero-order chi connectivity index (χ0) is 21.5. The molecule has 1 amide bonds.